The lowest BCUT2D eigenvalue weighted by molar-refractivity contribution is 0.0636. The summed E-state index contributed by atoms with van der Waals surface area (Å²) in [7, 11) is 1.64. The summed E-state index contributed by atoms with van der Waals surface area (Å²) >= 11 is 0. The van der Waals surface area contributed by atoms with Crippen molar-refractivity contribution in [2.75, 3.05) is 43.5 Å². The molecule has 2 rings (SSSR count). The zero-order valence-electron chi connectivity index (χ0n) is 13.7. The number of nitrogens with zero attached hydrogens (tertiary/aromatic N) is 1. The zero-order chi connectivity index (χ0) is 16.2. The normalized spacial score (nSPS) is 15.4. The molecule has 1 saturated heterocycles. The molecule has 22 heavy (non-hydrogen) atoms. The van der Waals surface area contributed by atoms with Crippen LogP contribution in [0.4, 0.5) is 16.2 Å². The van der Waals surface area contributed by atoms with Crippen LogP contribution in [0, 0.1) is 0 Å². The molecule has 0 aromatic heterocycles. The van der Waals surface area contributed by atoms with Gasteiger partial charge in [0.25, 0.3) is 0 Å². The summed E-state index contributed by atoms with van der Waals surface area (Å²) in [5.41, 5.74) is 1.16. The second-order valence-electron chi connectivity index (χ2n) is 6.25. The van der Waals surface area contributed by atoms with Crippen LogP contribution in [-0.2, 0) is 4.74 Å². The monoisotopic (exact) mass is 307 g/mol. The highest BCUT2D eigenvalue weighted by Crippen LogP contribution is 2.31. The Hall–Kier alpha value is -1.95. The van der Waals surface area contributed by atoms with Gasteiger partial charge in [-0.1, -0.05) is 0 Å². The number of methoxy groups -OCH3 is 1. The summed E-state index contributed by atoms with van der Waals surface area (Å²) in [6.07, 6.45) is -0.450. The molecule has 1 aliphatic heterocycles. The number of piperazine rings is 1. The van der Waals surface area contributed by atoms with E-state index in [1.807, 2.05) is 39.0 Å². The molecule has 1 aromatic carbocycles. The van der Waals surface area contributed by atoms with Crippen molar-refractivity contribution in [3.8, 4) is 5.75 Å². The van der Waals surface area contributed by atoms with E-state index in [0.717, 1.165) is 43.3 Å². The van der Waals surface area contributed by atoms with E-state index in [4.69, 9.17) is 9.47 Å². The molecule has 1 heterocycles. The Labute approximate surface area is 131 Å². The number of hydrogen-bond donors (Lipinski definition) is 2. The number of rotatable bonds is 3. The smallest absolute Gasteiger partial charge is 0.412 e. The Morgan fingerprint density at radius 3 is 2.55 bits per heavy atom. The van der Waals surface area contributed by atoms with Crippen LogP contribution >= 0.6 is 0 Å². The van der Waals surface area contributed by atoms with Gasteiger partial charge in [0, 0.05) is 32.2 Å². The van der Waals surface area contributed by atoms with Crippen molar-refractivity contribution in [3.05, 3.63) is 18.2 Å². The maximum Gasteiger partial charge on any atom is 0.412 e. The number of carbonyl (C=O) groups is 1. The van der Waals surface area contributed by atoms with Gasteiger partial charge in [0.05, 0.1) is 18.5 Å². The molecule has 6 nitrogen and oxygen atoms in total. The predicted molar refractivity (Wildman–Crippen MR) is 87.9 cm³/mol. The molecule has 1 amide bonds. The summed E-state index contributed by atoms with van der Waals surface area (Å²) in [5.74, 6) is 0.767. The Kier molecular flexibility index (Phi) is 5.13. The lowest BCUT2D eigenvalue weighted by atomic mass is 10.2. The summed E-state index contributed by atoms with van der Waals surface area (Å²) in [4.78, 5) is 14.3. The summed E-state index contributed by atoms with van der Waals surface area (Å²) in [6, 6.07) is 5.62. The Balaban J connectivity index is 2.20. The molecule has 0 radical (unpaired) electrons. The van der Waals surface area contributed by atoms with Gasteiger partial charge in [0.15, 0.2) is 0 Å². The van der Waals surface area contributed by atoms with Crippen LogP contribution in [0.15, 0.2) is 18.2 Å². The second kappa shape index (κ2) is 6.87. The Morgan fingerprint density at radius 2 is 1.95 bits per heavy atom. The van der Waals surface area contributed by atoms with Crippen LogP contribution in [0.3, 0.4) is 0 Å². The SMILES string of the molecule is COc1ccc(NC(=O)OC(C)(C)C)c(N2CCNCC2)c1. The number of anilines is 2. The van der Waals surface area contributed by atoms with Crippen LogP contribution in [0.5, 0.6) is 5.75 Å². The molecule has 0 saturated carbocycles. The molecule has 122 valence electrons. The van der Waals surface area contributed by atoms with E-state index in [2.05, 4.69) is 15.5 Å². The first kappa shape index (κ1) is 16.4. The average molecular weight is 307 g/mol. The first-order valence-electron chi connectivity index (χ1n) is 7.53. The van der Waals surface area contributed by atoms with Gasteiger partial charge in [-0.2, -0.15) is 0 Å². The fraction of sp³-hybridized carbons (Fsp3) is 0.562. The highest BCUT2D eigenvalue weighted by Gasteiger charge is 2.20. The third-order valence-electron chi connectivity index (χ3n) is 3.30. The van der Waals surface area contributed by atoms with Gasteiger partial charge < -0.3 is 19.7 Å². The summed E-state index contributed by atoms with van der Waals surface area (Å²) < 4.78 is 10.6. The third-order valence-corrected chi connectivity index (χ3v) is 3.30. The zero-order valence-corrected chi connectivity index (χ0v) is 13.7. The number of nitrogens with one attached hydrogen (secondary N) is 2. The number of ether oxygens (including phenoxy) is 2. The van der Waals surface area contributed by atoms with Gasteiger partial charge in [0.1, 0.15) is 11.4 Å². The molecular weight excluding hydrogens is 282 g/mol. The van der Waals surface area contributed by atoms with Gasteiger partial charge in [-0.3, -0.25) is 5.32 Å². The van der Waals surface area contributed by atoms with E-state index in [0.29, 0.717) is 0 Å². The molecule has 1 aliphatic rings. The predicted octanol–water partition coefficient (Wildman–Crippen LogP) is 2.45. The molecule has 1 aromatic rings. The molecule has 0 unspecified atom stereocenters. The van der Waals surface area contributed by atoms with Crippen molar-refractivity contribution in [2.45, 2.75) is 26.4 Å². The van der Waals surface area contributed by atoms with Gasteiger partial charge in [0.2, 0.25) is 0 Å². The highest BCUT2D eigenvalue weighted by molar-refractivity contribution is 5.90. The van der Waals surface area contributed by atoms with E-state index in [1.165, 1.54) is 0 Å². The van der Waals surface area contributed by atoms with E-state index < -0.39 is 11.7 Å². The topological polar surface area (TPSA) is 62.8 Å². The fourth-order valence-electron chi connectivity index (χ4n) is 2.33. The first-order chi connectivity index (χ1) is 10.4. The molecular formula is C16H25N3O3. The lowest BCUT2D eigenvalue weighted by Gasteiger charge is -2.31. The highest BCUT2D eigenvalue weighted by atomic mass is 16.6. The van der Waals surface area contributed by atoms with Crippen LogP contribution in [0.25, 0.3) is 0 Å². The van der Waals surface area contributed by atoms with Crippen molar-refractivity contribution in [1.82, 2.24) is 5.32 Å². The summed E-state index contributed by atoms with van der Waals surface area (Å²) in [5, 5.41) is 6.16. The maximum atomic E-state index is 12.0. The Morgan fingerprint density at radius 1 is 1.27 bits per heavy atom. The lowest BCUT2D eigenvalue weighted by Crippen LogP contribution is -2.43. The molecule has 0 atom stereocenters. The van der Waals surface area contributed by atoms with Crippen molar-refractivity contribution in [2.24, 2.45) is 0 Å². The van der Waals surface area contributed by atoms with Crippen LogP contribution in [0.1, 0.15) is 20.8 Å². The van der Waals surface area contributed by atoms with Crippen LogP contribution in [-0.4, -0.2) is 45.0 Å². The molecule has 6 heteroatoms. The van der Waals surface area contributed by atoms with Crippen molar-refractivity contribution in [1.29, 1.82) is 0 Å². The minimum Gasteiger partial charge on any atom is -0.497 e. The van der Waals surface area contributed by atoms with E-state index in [9.17, 15) is 4.79 Å². The minimum atomic E-state index is -0.522. The molecule has 0 aliphatic carbocycles. The molecule has 0 spiro atoms. The largest absolute Gasteiger partial charge is 0.497 e. The van der Waals surface area contributed by atoms with E-state index in [-0.39, 0.29) is 0 Å². The minimum absolute atomic E-state index is 0.450. The van der Waals surface area contributed by atoms with Crippen molar-refractivity contribution < 1.29 is 14.3 Å². The van der Waals surface area contributed by atoms with Crippen LogP contribution < -0.4 is 20.3 Å². The first-order valence-corrected chi connectivity index (χ1v) is 7.53. The van der Waals surface area contributed by atoms with E-state index >= 15 is 0 Å². The fourth-order valence-corrected chi connectivity index (χ4v) is 2.33. The van der Waals surface area contributed by atoms with Crippen LogP contribution in [0.2, 0.25) is 0 Å². The summed E-state index contributed by atoms with van der Waals surface area (Å²) in [6.45, 7) is 9.14. The molecule has 2 N–H and O–H groups in total. The van der Waals surface area contributed by atoms with Crippen molar-refractivity contribution >= 4 is 17.5 Å². The van der Waals surface area contributed by atoms with E-state index in [1.54, 1.807) is 7.11 Å². The Bertz CT molecular complexity index is 520. The molecule has 0 bridgehead atoms. The average Bonchev–Trinajstić information content (AvgIpc) is 2.46. The van der Waals surface area contributed by atoms with Gasteiger partial charge in [-0.05, 0) is 32.9 Å². The second-order valence-corrected chi connectivity index (χ2v) is 6.25. The number of benzene rings is 1. The van der Waals surface area contributed by atoms with Gasteiger partial charge in [-0.25, -0.2) is 4.79 Å². The number of amides is 1. The quantitative estimate of drug-likeness (QED) is 0.898. The van der Waals surface area contributed by atoms with Gasteiger partial charge >= 0.3 is 6.09 Å². The third kappa shape index (κ3) is 4.53. The van der Waals surface area contributed by atoms with Crippen molar-refractivity contribution in [3.63, 3.8) is 0 Å². The maximum absolute atomic E-state index is 12.0. The molecule has 1 fully saturated rings. The number of hydrogen-bond acceptors (Lipinski definition) is 5. The number of carbonyl (C=O) groups excluding carboxylic acids is 1. The standard InChI is InChI=1S/C16H25N3O3/c1-16(2,3)22-15(20)18-13-6-5-12(21-4)11-14(13)19-9-7-17-8-10-19/h5-6,11,17H,7-10H2,1-4H3,(H,18,20). The van der Waals surface area contributed by atoms with Gasteiger partial charge in [-0.15, -0.1) is 0 Å².